The largest absolute Gasteiger partial charge is 0.481 e. The zero-order chi connectivity index (χ0) is 18.9. The zero-order valence-electron chi connectivity index (χ0n) is 16.2. The second-order valence-corrected chi connectivity index (χ2v) is 6.97. The van der Waals surface area contributed by atoms with Crippen molar-refractivity contribution in [3.05, 3.63) is 0 Å². The van der Waals surface area contributed by atoms with Gasteiger partial charge in [0.2, 0.25) is 0 Å². The molecule has 0 aliphatic rings. The third kappa shape index (κ3) is 16.1. The van der Waals surface area contributed by atoms with Crippen LogP contribution in [-0.4, -0.2) is 34.4 Å². The first kappa shape index (κ1) is 23.9. The fourth-order valence-electron chi connectivity index (χ4n) is 2.88. The highest BCUT2D eigenvalue weighted by atomic mass is 16.5. The molecule has 148 valence electrons. The molecule has 0 aliphatic heterocycles. The van der Waals surface area contributed by atoms with Crippen molar-refractivity contribution in [2.75, 3.05) is 0 Å². The molecule has 5 heteroatoms. The highest BCUT2D eigenvalue weighted by Gasteiger charge is 2.20. The number of carbonyl (C=O) groups excluding carboxylic acids is 1. The molecule has 0 radical (unpaired) electrons. The van der Waals surface area contributed by atoms with E-state index in [0.717, 1.165) is 44.9 Å². The van der Waals surface area contributed by atoms with E-state index in [2.05, 4.69) is 13.8 Å². The topological polar surface area (TPSA) is 83.8 Å². The average molecular weight is 359 g/mol. The number of hydrogen-bond acceptors (Lipinski definition) is 4. The predicted molar refractivity (Wildman–Crippen MR) is 99.5 cm³/mol. The first-order valence-corrected chi connectivity index (χ1v) is 10.1. The molecule has 2 atom stereocenters. The Labute approximate surface area is 153 Å². The van der Waals surface area contributed by atoms with E-state index in [-0.39, 0.29) is 12.8 Å². The zero-order valence-corrected chi connectivity index (χ0v) is 16.2. The number of aliphatic carboxylic acids is 1. The van der Waals surface area contributed by atoms with Crippen LogP contribution in [-0.2, 0) is 14.3 Å². The van der Waals surface area contributed by atoms with E-state index in [1.165, 1.54) is 19.3 Å². The van der Waals surface area contributed by atoms with E-state index in [9.17, 15) is 14.7 Å². The van der Waals surface area contributed by atoms with Gasteiger partial charge >= 0.3 is 11.9 Å². The van der Waals surface area contributed by atoms with Gasteiger partial charge in [-0.3, -0.25) is 9.59 Å². The average Bonchev–Trinajstić information content (AvgIpc) is 2.53. The molecule has 0 spiro atoms. The molecule has 5 nitrogen and oxygen atoms in total. The lowest BCUT2D eigenvalue weighted by molar-refractivity contribution is -0.155. The van der Waals surface area contributed by atoms with E-state index < -0.39 is 24.1 Å². The van der Waals surface area contributed by atoms with Crippen LogP contribution in [0.5, 0.6) is 0 Å². The van der Waals surface area contributed by atoms with Crippen molar-refractivity contribution in [1.29, 1.82) is 0 Å². The molecule has 0 saturated carbocycles. The van der Waals surface area contributed by atoms with Gasteiger partial charge in [-0.15, -0.1) is 0 Å². The molecule has 2 N–H and O–H groups in total. The van der Waals surface area contributed by atoms with Gasteiger partial charge in [0.25, 0.3) is 0 Å². The van der Waals surface area contributed by atoms with E-state index in [0.29, 0.717) is 12.8 Å². The Hall–Kier alpha value is -1.10. The quantitative estimate of drug-likeness (QED) is 0.287. The van der Waals surface area contributed by atoms with Crippen molar-refractivity contribution in [3.8, 4) is 0 Å². The van der Waals surface area contributed by atoms with Gasteiger partial charge in [-0.1, -0.05) is 71.6 Å². The number of aliphatic hydroxyl groups excluding tert-OH is 1. The van der Waals surface area contributed by atoms with Gasteiger partial charge in [-0.25, -0.2) is 0 Å². The number of aliphatic hydroxyl groups is 1. The lowest BCUT2D eigenvalue weighted by Gasteiger charge is -2.17. The summed E-state index contributed by atoms with van der Waals surface area (Å²) in [5.74, 6) is -1.44. The van der Waals surface area contributed by atoms with Gasteiger partial charge in [-0.05, 0) is 19.3 Å². The highest BCUT2D eigenvalue weighted by Crippen LogP contribution is 2.15. The molecular formula is C20H38O5. The maximum atomic E-state index is 11.9. The van der Waals surface area contributed by atoms with Crippen molar-refractivity contribution >= 4 is 11.9 Å². The summed E-state index contributed by atoms with van der Waals surface area (Å²) in [4.78, 5) is 22.9. The van der Waals surface area contributed by atoms with Crippen LogP contribution >= 0.6 is 0 Å². The van der Waals surface area contributed by atoms with Crippen molar-refractivity contribution in [2.24, 2.45) is 0 Å². The number of unbranched alkanes of at least 4 members (excludes halogenated alkanes) is 8. The van der Waals surface area contributed by atoms with Gasteiger partial charge < -0.3 is 14.9 Å². The summed E-state index contributed by atoms with van der Waals surface area (Å²) in [6, 6.07) is 0. The molecule has 0 aromatic heterocycles. The number of carboxylic acid groups (broad SMARTS) is 1. The minimum Gasteiger partial charge on any atom is -0.481 e. The standard InChI is InChI=1S/C20H38O5/c1-3-5-7-9-11-13-17(21)15-20(24)25-18(16-19(22)23)14-12-10-8-6-4-2/h17-18,21H,3-16H2,1-2H3,(H,22,23). The second kappa shape index (κ2) is 16.4. The van der Waals surface area contributed by atoms with Gasteiger partial charge in [-0.2, -0.15) is 0 Å². The molecule has 0 aromatic rings. The maximum Gasteiger partial charge on any atom is 0.308 e. The fraction of sp³-hybridized carbons (Fsp3) is 0.900. The lowest BCUT2D eigenvalue weighted by Crippen LogP contribution is -2.24. The Balaban J connectivity index is 4.03. The van der Waals surface area contributed by atoms with Crippen molar-refractivity contribution in [2.45, 2.75) is 116 Å². The molecule has 0 bridgehead atoms. The summed E-state index contributed by atoms with van der Waals surface area (Å²) in [5.41, 5.74) is 0. The molecule has 0 aromatic carbocycles. The number of ether oxygens (including phenoxy) is 1. The van der Waals surface area contributed by atoms with E-state index in [1.54, 1.807) is 0 Å². The first-order valence-electron chi connectivity index (χ1n) is 10.1. The second-order valence-electron chi connectivity index (χ2n) is 6.97. The number of hydrogen-bond donors (Lipinski definition) is 2. The number of esters is 1. The summed E-state index contributed by atoms with van der Waals surface area (Å²) >= 11 is 0. The van der Waals surface area contributed by atoms with E-state index in [4.69, 9.17) is 9.84 Å². The van der Waals surface area contributed by atoms with Crippen LogP contribution in [0.2, 0.25) is 0 Å². The summed E-state index contributed by atoms with van der Waals surface area (Å²) in [6.07, 6.45) is 10.6. The normalized spacial score (nSPS) is 13.4. The smallest absolute Gasteiger partial charge is 0.308 e. The van der Waals surface area contributed by atoms with Crippen LogP contribution in [0.4, 0.5) is 0 Å². The van der Waals surface area contributed by atoms with Crippen LogP contribution in [0.3, 0.4) is 0 Å². The number of carboxylic acids is 1. The summed E-state index contributed by atoms with van der Waals surface area (Å²) in [6.45, 7) is 4.30. The van der Waals surface area contributed by atoms with Crippen molar-refractivity contribution in [3.63, 3.8) is 0 Å². The summed E-state index contributed by atoms with van der Waals surface area (Å²) < 4.78 is 5.30. The Kier molecular flexibility index (Phi) is 15.7. The number of rotatable bonds is 17. The lowest BCUT2D eigenvalue weighted by atomic mass is 10.1. The molecule has 0 aliphatic carbocycles. The Morgan fingerprint density at radius 1 is 0.800 bits per heavy atom. The molecule has 0 amide bonds. The van der Waals surface area contributed by atoms with Crippen LogP contribution in [0, 0.1) is 0 Å². The van der Waals surface area contributed by atoms with Crippen molar-refractivity contribution < 1.29 is 24.5 Å². The van der Waals surface area contributed by atoms with Gasteiger partial charge in [0.15, 0.2) is 0 Å². The molecule has 0 saturated heterocycles. The molecule has 0 heterocycles. The van der Waals surface area contributed by atoms with Gasteiger partial charge in [0, 0.05) is 0 Å². The molecule has 2 unspecified atom stereocenters. The van der Waals surface area contributed by atoms with E-state index >= 15 is 0 Å². The minimum absolute atomic E-state index is 0.0419. The summed E-state index contributed by atoms with van der Waals surface area (Å²) in [7, 11) is 0. The fourth-order valence-corrected chi connectivity index (χ4v) is 2.88. The van der Waals surface area contributed by atoms with Gasteiger partial charge in [0.05, 0.1) is 18.9 Å². The Morgan fingerprint density at radius 2 is 1.32 bits per heavy atom. The Morgan fingerprint density at radius 3 is 1.84 bits per heavy atom. The van der Waals surface area contributed by atoms with Crippen molar-refractivity contribution in [1.82, 2.24) is 0 Å². The third-order valence-corrected chi connectivity index (χ3v) is 4.37. The van der Waals surface area contributed by atoms with Crippen LogP contribution in [0.15, 0.2) is 0 Å². The maximum absolute atomic E-state index is 11.9. The van der Waals surface area contributed by atoms with Crippen LogP contribution in [0.25, 0.3) is 0 Å². The molecular weight excluding hydrogens is 320 g/mol. The molecule has 0 fully saturated rings. The summed E-state index contributed by atoms with van der Waals surface area (Å²) in [5, 5.41) is 18.9. The highest BCUT2D eigenvalue weighted by molar-refractivity contribution is 5.71. The predicted octanol–water partition coefficient (Wildman–Crippen LogP) is 4.84. The first-order chi connectivity index (χ1) is 12.0. The van der Waals surface area contributed by atoms with Gasteiger partial charge in [0.1, 0.15) is 6.10 Å². The monoisotopic (exact) mass is 358 g/mol. The molecule has 0 rings (SSSR count). The number of carbonyl (C=O) groups is 2. The minimum atomic E-state index is -0.956. The van der Waals surface area contributed by atoms with Crippen LogP contribution in [0.1, 0.15) is 104 Å². The SMILES string of the molecule is CCCCCCCC(O)CC(=O)OC(CCCCCCC)CC(=O)O. The van der Waals surface area contributed by atoms with Crippen LogP contribution < -0.4 is 0 Å². The third-order valence-electron chi connectivity index (χ3n) is 4.37. The Bertz CT molecular complexity index is 343. The molecule has 25 heavy (non-hydrogen) atoms. The van der Waals surface area contributed by atoms with E-state index in [1.807, 2.05) is 0 Å².